The number of carbonyl (C=O) groups excluding carboxylic acids is 2. The first kappa shape index (κ1) is 23.1. The molecule has 3 aromatic rings. The minimum absolute atomic E-state index is 0.0544. The highest BCUT2D eigenvalue weighted by Crippen LogP contribution is 2.19. The van der Waals surface area contributed by atoms with E-state index in [1.807, 2.05) is 84.9 Å². The molecule has 5 heteroatoms. The standard InChI is InChI=1S/C27H30N2O3/c1-28-27(31)25(19-22-12-7-4-8-13-22)29(20-23-14-9-15-24(18-23)32-2)26(30)17-16-21-10-5-3-6-11-21/h3-15,18,25H,16-17,19-20H2,1-2H3,(H,28,31)/t25-/m0/s1. The van der Waals surface area contributed by atoms with Crippen LogP contribution in [0.2, 0.25) is 0 Å². The molecule has 0 spiro atoms. The maximum atomic E-state index is 13.4. The zero-order valence-electron chi connectivity index (χ0n) is 18.7. The number of benzene rings is 3. The van der Waals surface area contributed by atoms with Crippen molar-refractivity contribution in [2.45, 2.75) is 31.8 Å². The Bertz CT molecular complexity index is 1010. The van der Waals surface area contributed by atoms with E-state index >= 15 is 0 Å². The molecule has 5 nitrogen and oxygen atoms in total. The zero-order chi connectivity index (χ0) is 22.8. The highest BCUT2D eigenvalue weighted by atomic mass is 16.5. The molecule has 0 aliphatic carbocycles. The van der Waals surface area contributed by atoms with E-state index < -0.39 is 6.04 Å². The zero-order valence-corrected chi connectivity index (χ0v) is 18.7. The molecule has 2 amide bonds. The molecule has 0 radical (unpaired) electrons. The van der Waals surface area contributed by atoms with Gasteiger partial charge in [-0.3, -0.25) is 9.59 Å². The van der Waals surface area contributed by atoms with E-state index in [2.05, 4.69) is 5.32 Å². The summed E-state index contributed by atoms with van der Waals surface area (Å²) in [5, 5.41) is 2.75. The van der Waals surface area contributed by atoms with Crippen LogP contribution in [0.15, 0.2) is 84.9 Å². The minimum Gasteiger partial charge on any atom is -0.497 e. The molecule has 1 N–H and O–H groups in total. The molecule has 0 aliphatic heterocycles. The van der Waals surface area contributed by atoms with Gasteiger partial charge in [0.05, 0.1) is 7.11 Å². The number of nitrogens with one attached hydrogen (secondary N) is 1. The van der Waals surface area contributed by atoms with Crippen molar-refractivity contribution in [3.63, 3.8) is 0 Å². The summed E-state index contributed by atoms with van der Waals surface area (Å²) >= 11 is 0. The molecule has 0 unspecified atom stereocenters. The Hall–Kier alpha value is -3.60. The maximum absolute atomic E-state index is 13.4. The quantitative estimate of drug-likeness (QED) is 0.529. The van der Waals surface area contributed by atoms with Crippen molar-refractivity contribution < 1.29 is 14.3 Å². The Kier molecular flexibility index (Phi) is 8.44. The third kappa shape index (κ3) is 6.45. The molecule has 0 saturated carbocycles. The molecule has 0 aromatic heterocycles. The number of methoxy groups -OCH3 is 1. The van der Waals surface area contributed by atoms with Gasteiger partial charge in [0.2, 0.25) is 11.8 Å². The Morgan fingerprint density at radius 2 is 1.50 bits per heavy atom. The first-order valence-electron chi connectivity index (χ1n) is 10.8. The number of hydrogen-bond donors (Lipinski definition) is 1. The molecular formula is C27H30N2O3. The van der Waals surface area contributed by atoms with E-state index in [4.69, 9.17) is 4.74 Å². The number of amides is 2. The summed E-state index contributed by atoms with van der Waals surface area (Å²) in [7, 11) is 3.23. The topological polar surface area (TPSA) is 58.6 Å². The van der Waals surface area contributed by atoms with Crippen LogP contribution in [0.1, 0.15) is 23.1 Å². The molecule has 32 heavy (non-hydrogen) atoms. The van der Waals surface area contributed by atoms with E-state index in [0.29, 0.717) is 25.8 Å². The Morgan fingerprint density at radius 3 is 2.12 bits per heavy atom. The summed E-state index contributed by atoms with van der Waals surface area (Å²) in [6.45, 7) is 0.329. The van der Waals surface area contributed by atoms with Gasteiger partial charge in [-0.15, -0.1) is 0 Å². The molecule has 0 saturated heterocycles. The van der Waals surface area contributed by atoms with Crippen LogP contribution in [0.25, 0.3) is 0 Å². The van der Waals surface area contributed by atoms with Crippen LogP contribution in [-0.4, -0.2) is 36.9 Å². The van der Waals surface area contributed by atoms with Gasteiger partial charge in [0.15, 0.2) is 0 Å². The SMILES string of the molecule is CNC(=O)[C@H](Cc1ccccc1)N(Cc1cccc(OC)c1)C(=O)CCc1ccccc1. The summed E-state index contributed by atoms with van der Waals surface area (Å²) < 4.78 is 5.34. The van der Waals surface area contributed by atoms with Gasteiger partial charge in [-0.1, -0.05) is 72.8 Å². The predicted octanol–water partition coefficient (Wildman–Crippen LogP) is 4.01. The van der Waals surface area contributed by atoms with Gasteiger partial charge in [-0.2, -0.15) is 0 Å². The lowest BCUT2D eigenvalue weighted by atomic mass is 10.0. The Balaban J connectivity index is 1.88. The smallest absolute Gasteiger partial charge is 0.242 e. The van der Waals surface area contributed by atoms with Crippen LogP contribution in [0.3, 0.4) is 0 Å². The van der Waals surface area contributed by atoms with Crippen molar-refractivity contribution in [2.75, 3.05) is 14.2 Å². The largest absolute Gasteiger partial charge is 0.497 e. The molecule has 3 aromatic carbocycles. The van der Waals surface area contributed by atoms with Crippen LogP contribution in [0, 0.1) is 0 Å². The van der Waals surface area contributed by atoms with Gasteiger partial charge in [-0.25, -0.2) is 0 Å². The van der Waals surface area contributed by atoms with E-state index in [1.54, 1.807) is 19.1 Å². The number of ether oxygens (including phenoxy) is 1. The molecule has 0 aliphatic rings. The van der Waals surface area contributed by atoms with Crippen LogP contribution in [0.5, 0.6) is 5.75 Å². The first-order chi connectivity index (χ1) is 15.6. The van der Waals surface area contributed by atoms with Gasteiger partial charge in [-0.05, 0) is 35.2 Å². The lowest BCUT2D eigenvalue weighted by Crippen LogP contribution is -2.49. The second kappa shape index (κ2) is 11.7. The Morgan fingerprint density at radius 1 is 0.875 bits per heavy atom. The molecule has 0 heterocycles. The summed E-state index contributed by atoms with van der Waals surface area (Å²) in [5.41, 5.74) is 3.02. The van der Waals surface area contributed by atoms with Crippen molar-refractivity contribution in [3.8, 4) is 5.75 Å². The average molecular weight is 431 g/mol. The van der Waals surface area contributed by atoms with E-state index in [9.17, 15) is 9.59 Å². The van der Waals surface area contributed by atoms with Crippen molar-refractivity contribution in [1.29, 1.82) is 0 Å². The van der Waals surface area contributed by atoms with E-state index in [1.165, 1.54) is 0 Å². The molecular weight excluding hydrogens is 400 g/mol. The summed E-state index contributed by atoms with van der Waals surface area (Å²) in [4.78, 5) is 28.1. The fourth-order valence-corrected chi connectivity index (χ4v) is 3.73. The second-order valence-corrected chi connectivity index (χ2v) is 7.68. The number of aryl methyl sites for hydroxylation is 1. The second-order valence-electron chi connectivity index (χ2n) is 7.68. The fraction of sp³-hybridized carbons (Fsp3) is 0.259. The number of rotatable bonds is 10. The lowest BCUT2D eigenvalue weighted by Gasteiger charge is -2.31. The van der Waals surface area contributed by atoms with E-state index in [-0.39, 0.29) is 11.8 Å². The highest BCUT2D eigenvalue weighted by Gasteiger charge is 2.29. The van der Waals surface area contributed by atoms with Gasteiger partial charge in [0, 0.05) is 26.4 Å². The third-order valence-electron chi connectivity index (χ3n) is 5.47. The monoisotopic (exact) mass is 430 g/mol. The van der Waals surface area contributed by atoms with Crippen molar-refractivity contribution in [1.82, 2.24) is 10.2 Å². The lowest BCUT2D eigenvalue weighted by molar-refractivity contribution is -0.141. The fourth-order valence-electron chi connectivity index (χ4n) is 3.73. The summed E-state index contributed by atoms with van der Waals surface area (Å²) in [6, 6.07) is 26.7. The minimum atomic E-state index is -0.614. The molecule has 166 valence electrons. The van der Waals surface area contributed by atoms with Crippen LogP contribution >= 0.6 is 0 Å². The van der Waals surface area contributed by atoms with Crippen LogP contribution in [-0.2, 0) is 29.0 Å². The first-order valence-corrected chi connectivity index (χ1v) is 10.8. The molecule has 3 rings (SSSR count). The average Bonchev–Trinajstić information content (AvgIpc) is 2.85. The van der Waals surface area contributed by atoms with Gasteiger partial charge in [0.25, 0.3) is 0 Å². The molecule has 1 atom stereocenters. The van der Waals surface area contributed by atoms with Gasteiger partial charge in [0.1, 0.15) is 11.8 Å². The third-order valence-corrected chi connectivity index (χ3v) is 5.47. The maximum Gasteiger partial charge on any atom is 0.242 e. The predicted molar refractivity (Wildman–Crippen MR) is 126 cm³/mol. The van der Waals surface area contributed by atoms with Crippen LogP contribution in [0.4, 0.5) is 0 Å². The molecule has 0 fully saturated rings. The highest BCUT2D eigenvalue weighted by molar-refractivity contribution is 5.88. The van der Waals surface area contributed by atoms with Crippen molar-refractivity contribution >= 4 is 11.8 Å². The number of carbonyl (C=O) groups is 2. The molecule has 0 bridgehead atoms. The number of nitrogens with zero attached hydrogens (tertiary/aromatic N) is 1. The summed E-state index contributed by atoms with van der Waals surface area (Å²) in [6.07, 6.45) is 1.40. The van der Waals surface area contributed by atoms with Crippen LogP contribution < -0.4 is 10.1 Å². The van der Waals surface area contributed by atoms with Crippen molar-refractivity contribution in [3.05, 3.63) is 102 Å². The number of hydrogen-bond acceptors (Lipinski definition) is 3. The van der Waals surface area contributed by atoms with E-state index in [0.717, 1.165) is 22.4 Å². The Labute approximate surface area is 190 Å². The normalized spacial score (nSPS) is 11.4. The number of likely N-dealkylation sites (N-methyl/N-ethyl adjacent to an activating group) is 1. The van der Waals surface area contributed by atoms with Crippen molar-refractivity contribution in [2.24, 2.45) is 0 Å². The van der Waals surface area contributed by atoms with Gasteiger partial charge >= 0.3 is 0 Å². The van der Waals surface area contributed by atoms with Gasteiger partial charge < -0.3 is 15.0 Å². The summed E-state index contributed by atoms with van der Waals surface area (Å²) in [5.74, 6) is 0.491.